The lowest BCUT2D eigenvalue weighted by molar-refractivity contribution is 0.336. The molecule has 2 N–H and O–H groups in total. The third-order valence-electron chi connectivity index (χ3n) is 2.38. The Bertz CT molecular complexity index is 307. The molecule has 0 atom stereocenters. The van der Waals surface area contributed by atoms with Gasteiger partial charge in [-0.1, -0.05) is 13.8 Å². The second kappa shape index (κ2) is 4.89. The zero-order valence-electron chi connectivity index (χ0n) is 9.26. The fourth-order valence-electron chi connectivity index (χ4n) is 1.56. The summed E-state index contributed by atoms with van der Waals surface area (Å²) in [7, 11) is 0. The van der Waals surface area contributed by atoms with Gasteiger partial charge in [-0.3, -0.25) is 0 Å². The van der Waals surface area contributed by atoms with E-state index in [1.54, 1.807) is 0 Å². The van der Waals surface area contributed by atoms with E-state index < -0.39 is 0 Å². The smallest absolute Gasteiger partial charge is 0.122 e. The number of ether oxygens (including phenoxy) is 1. The highest BCUT2D eigenvalue weighted by atomic mass is 16.5. The molecule has 0 aliphatic rings. The van der Waals surface area contributed by atoms with E-state index in [0.717, 1.165) is 24.3 Å². The van der Waals surface area contributed by atoms with Crippen LogP contribution >= 0.6 is 0 Å². The molecule has 2 nitrogen and oxygen atoms in total. The number of aryl methyl sites for hydroxylation is 2. The largest absolute Gasteiger partial charge is 0.494 e. The van der Waals surface area contributed by atoms with Gasteiger partial charge in [0.15, 0.2) is 0 Å². The fraction of sp³-hybridized carbons (Fsp3) is 0.500. The summed E-state index contributed by atoms with van der Waals surface area (Å²) in [6.45, 7) is 6.93. The number of hydrogen-bond donors (Lipinski definition) is 1. The summed E-state index contributed by atoms with van der Waals surface area (Å²) in [6.07, 6.45) is 1.92. The molecule has 14 heavy (non-hydrogen) atoms. The lowest BCUT2D eigenvalue weighted by Gasteiger charge is -2.12. The molecule has 0 aliphatic heterocycles. The molecule has 0 radical (unpaired) electrons. The van der Waals surface area contributed by atoms with Gasteiger partial charge in [-0.15, -0.1) is 0 Å². The van der Waals surface area contributed by atoms with E-state index in [4.69, 9.17) is 10.5 Å². The van der Waals surface area contributed by atoms with Crippen molar-refractivity contribution in [2.75, 3.05) is 12.3 Å². The second-order valence-electron chi connectivity index (χ2n) is 3.30. The van der Waals surface area contributed by atoms with Crippen molar-refractivity contribution in [1.82, 2.24) is 0 Å². The SMILES string of the molecule is CCOc1cc(CC)c(N)cc1CC. The average molecular weight is 193 g/mol. The first kappa shape index (κ1) is 10.9. The molecule has 0 aromatic heterocycles. The van der Waals surface area contributed by atoms with Gasteiger partial charge in [0.2, 0.25) is 0 Å². The minimum atomic E-state index is 0.708. The highest BCUT2D eigenvalue weighted by Gasteiger charge is 2.06. The lowest BCUT2D eigenvalue weighted by atomic mass is 10.0. The highest BCUT2D eigenvalue weighted by molar-refractivity contribution is 5.54. The van der Waals surface area contributed by atoms with Crippen molar-refractivity contribution in [2.24, 2.45) is 0 Å². The molecule has 1 aromatic carbocycles. The van der Waals surface area contributed by atoms with Gasteiger partial charge < -0.3 is 10.5 Å². The molecule has 0 amide bonds. The van der Waals surface area contributed by atoms with Crippen molar-refractivity contribution in [3.05, 3.63) is 23.3 Å². The van der Waals surface area contributed by atoms with E-state index in [9.17, 15) is 0 Å². The third-order valence-corrected chi connectivity index (χ3v) is 2.38. The summed E-state index contributed by atoms with van der Waals surface area (Å²) in [6, 6.07) is 4.10. The van der Waals surface area contributed by atoms with Gasteiger partial charge in [0.05, 0.1) is 6.61 Å². The summed E-state index contributed by atoms with van der Waals surface area (Å²) < 4.78 is 5.57. The van der Waals surface area contributed by atoms with Crippen molar-refractivity contribution < 1.29 is 4.74 Å². The average Bonchev–Trinajstić information content (AvgIpc) is 2.20. The summed E-state index contributed by atoms with van der Waals surface area (Å²) >= 11 is 0. The Morgan fingerprint density at radius 2 is 1.71 bits per heavy atom. The van der Waals surface area contributed by atoms with E-state index in [0.29, 0.717) is 6.61 Å². The summed E-state index contributed by atoms with van der Waals surface area (Å²) in [4.78, 5) is 0. The second-order valence-corrected chi connectivity index (χ2v) is 3.30. The van der Waals surface area contributed by atoms with Gasteiger partial charge in [-0.05, 0) is 43.0 Å². The maximum Gasteiger partial charge on any atom is 0.122 e. The van der Waals surface area contributed by atoms with Gasteiger partial charge in [-0.2, -0.15) is 0 Å². The minimum absolute atomic E-state index is 0.708. The zero-order valence-corrected chi connectivity index (χ0v) is 9.26. The predicted molar refractivity (Wildman–Crippen MR) is 60.8 cm³/mol. The topological polar surface area (TPSA) is 35.2 Å². The van der Waals surface area contributed by atoms with Gasteiger partial charge in [0.25, 0.3) is 0 Å². The molecule has 0 spiro atoms. The van der Waals surface area contributed by atoms with E-state index in [2.05, 4.69) is 19.9 Å². The monoisotopic (exact) mass is 193 g/mol. The molecule has 2 heteroatoms. The first-order valence-corrected chi connectivity index (χ1v) is 5.26. The Morgan fingerprint density at radius 1 is 1.07 bits per heavy atom. The van der Waals surface area contributed by atoms with Gasteiger partial charge in [0, 0.05) is 5.69 Å². The van der Waals surface area contributed by atoms with Crippen LogP contribution in [0.25, 0.3) is 0 Å². The van der Waals surface area contributed by atoms with Crippen LogP contribution in [0.5, 0.6) is 5.75 Å². The number of nitrogen functional groups attached to an aromatic ring is 1. The van der Waals surface area contributed by atoms with Crippen LogP contribution in [-0.4, -0.2) is 6.61 Å². The van der Waals surface area contributed by atoms with Crippen LogP contribution in [0.1, 0.15) is 31.9 Å². The first-order valence-electron chi connectivity index (χ1n) is 5.26. The third kappa shape index (κ3) is 2.19. The number of nitrogens with two attached hydrogens (primary N) is 1. The summed E-state index contributed by atoms with van der Waals surface area (Å²) in [5.41, 5.74) is 9.17. The van der Waals surface area contributed by atoms with E-state index in [1.165, 1.54) is 11.1 Å². The Balaban J connectivity index is 3.11. The Labute approximate surface area is 86.1 Å². The van der Waals surface area contributed by atoms with Crippen LogP contribution in [0.3, 0.4) is 0 Å². The Kier molecular flexibility index (Phi) is 3.81. The van der Waals surface area contributed by atoms with Gasteiger partial charge in [-0.25, -0.2) is 0 Å². The zero-order chi connectivity index (χ0) is 10.6. The highest BCUT2D eigenvalue weighted by Crippen LogP contribution is 2.26. The number of anilines is 1. The quantitative estimate of drug-likeness (QED) is 0.746. The number of hydrogen-bond acceptors (Lipinski definition) is 2. The maximum absolute atomic E-state index is 5.92. The van der Waals surface area contributed by atoms with Gasteiger partial charge in [0.1, 0.15) is 5.75 Å². The van der Waals surface area contributed by atoms with Crippen molar-refractivity contribution >= 4 is 5.69 Å². The predicted octanol–water partition coefficient (Wildman–Crippen LogP) is 2.79. The number of rotatable bonds is 4. The molecule has 0 saturated heterocycles. The molecule has 0 unspecified atom stereocenters. The molecular formula is C12H19NO. The normalized spacial score (nSPS) is 10.2. The lowest BCUT2D eigenvalue weighted by Crippen LogP contribution is -2.00. The van der Waals surface area contributed by atoms with Crippen LogP contribution in [0.4, 0.5) is 5.69 Å². The Hall–Kier alpha value is -1.18. The van der Waals surface area contributed by atoms with E-state index in [1.807, 2.05) is 13.0 Å². The summed E-state index contributed by atoms with van der Waals surface area (Å²) in [5, 5.41) is 0. The van der Waals surface area contributed by atoms with Crippen molar-refractivity contribution in [3.63, 3.8) is 0 Å². The molecule has 0 fully saturated rings. The molecular weight excluding hydrogens is 174 g/mol. The molecule has 0 aliphatic carbocycles. The Morgan fingerprint density at radius 3 is 2.21 bits per heavy atom. The van der Waals surface area contributed by atoms with Crippen LogP contribution in [0.2, 0.25) is 0 Å². The van der Waals surface area contributed by atoms with E-state index >= 15 is 0 Å². The van der Waals surface area contributed by atoms with Crippen LogP contribution in [0.15, 0.2) is 12.1 Å². The van der Waals surface area contributed by atoms with Crippen LogP contribution in [-0.2, 0) is 12.8 Å². The summed E-state index contributed by atoms with van der Waals surface area (Å²) in [5.74, 6) is 0.987. The maximum atomic E-state index is 5.92. The first-order chi connectivity index (χ1) is 6.72. The standard InChI is InChI=1S/C12H19NO/c1-4-9-8-12(14-6-3)10(5-2)7-11(9)13/h7-8H,4-6,13H2,1-3H3. The van der Waals surface area contributed by atoms with Crippen molar-refractivity contribution in [3.8, 4) is 5.75 Å². The molecule has 0 saturated carbocycles. The molecule has 1 rings (SSSR count). The van der Waals surface area contributed by atoms with Crippen LogP contribution < -0.4 is 10.5 Å². The number of benzene rings is 1. The minimum Gasteiger partial charge on any atom is -0.494 e. The fourth-order valence-corrected chi connectivity index (χ4v) is 1.56. The van der Waals surface area contributed by atoms with Crippen LogP contribution in [0, 0.1) is 0 Å². The molecule has 1 aromatic rings. The van der Waals surface area contributed by atoms with E-state index in [-0.39, 0.29) is 0 Å². The molecule has 0 bridgehead atoms. The van der Waals surface area contributed by atoms with Crippen molar-refractivity contribution in [2.45, 2.75) is 33.6 Å². The molecule has 78 valence electrons. The molecule has 0 heterocycles. The van der Waals surface area contributed by atoms with Gasteiger partial charge >= 0.3 is 0 Å². The van der Waals surface area contributed by atoms with Crippen molar-refractivity contribution in [1.29, 1.82) is 0 Å².